The summed E-state index contributed by atoms with van der Waals surface area (Å²) in [6.45, 7) is 4.12. The van der Waals surface area contributed by atoms with Gasteiger partial charge in [0, 0.05) is 5.02 Å². The zero-order chi connectivity index (χ0) is 11.5. The van der Waals surface area contributed by atoms with Gasteiger partial charge in [-0.15, -0.1) is 0 Å². The molecule has 0 aliphatic carbocycles. The van der Waals surface area contributed by atoms with Crippen molar-refractivity contribution < 1.29 is 5.11 Å². The molecular formula is C13H18ClNO. The van der Waals surface area contributed by atoms with E-state index in [9.17, 15) is 5.11 Å². The normalized spacial score (nSPS) is 21.0. The van der Waals surface area contributed by atoms with Crippen LogP contribution < -0.4 is 5.32 Å². The zero-order valence-corrected chi connectivity index (χ0v) is 10.3. The minimum Gasteiger partial charge on any atom is -0.508 e. The van der Waals surface area contributed by atoms with Crippen molar-refractivity contribution in [2.75, 3.05) is 13.1 Å². The van der Waals surface area contributed by atoms with Gasteiger partial charge >= 0.3 is 0 Å². The van der Waals surface area contributed by atoms with Gasteiger partial charge in [0.15, 0.2) is 0 Å². The number of hydrogen-bond acceptors (Lipinski definition) is 2. The van der Waals surface area contributed by atoms with Gasteiger partial charge in [-0.3, -0.25) is 0 Å². The first-order valence-electron chi connectivity index (χ1n) is 5.85. The first kappa shape index (κ1) is 11.7. The van der Waals surface area contributed by atoms with E-state index < -0.39 is 0 Å². The second kappa shape index (κ2) is 5.07. The molecule has 0 spiro atoms. The molecule has 16 heavy (non-hydrogen) atoms. The number of rotatable bonds is 2. The molecule has 0 radical (unpaired) electrons. The SMILES string of the molecule is Cc1cc(O)cc(CC2CCCNC2)c1Cl. The maximum absolute atomic E-state index is 9.57. The third-order valence-electron chi connectivity index (χ3n) is 3.22. The summed E-state index contributed by atoms with van der Waals surface area (Å²) in [7, 11) is 0. The molecule has 1 fully saturated rings. The van der Waals surface area contributed by atoms with Crippen molar-refractivity contribution in [3.63, 3.8) is 0 Å². The lowest BCUT2D eigenvalue weighted by atomic mass is 9.91. The molecule has 1 aromatic rings. The topological polar surface area (TPSA) is 32.3 Å². The Kier molecular flexibility index (Phi) is 3.72. The van der Waals surface area contributed by atoms with Crippen molar-refractivity contribution in [3.05, 3.63) is 28.3 Å². The minimum atomic E-state index is 0.320. The van der Waals surface area contributed by atoms with E-state index in [0.717, 1.165) is 35.7 Å². The molecule has 2 rings (SSSR count). The third kappa shape index (κ3) is 2.69. The van der Waals surface area contributed by atoms with Crippen LogP contribution in [0.3, 0.4) is 0 Å². The molecule has 1 aliphatic heterocycles. The van der Waals surface area contributed by atoms with E-state index in [1.165, 1.54) is 12.8 Å². The van der Waals surface area contributed by atoms with Crippen molar-refractivity contribution >= 4 is 11.6 Å². The van der Waals surface area contributed by atoms with Crippen LogP contribution in [0.15, 0.2) is 12.1 Å². The van der Waals surface area contributed by atoms with E-state index in [1.54, 1.807) is 12.1 Å². The summed E-state index contributed by atoms with van der Waals surface area (Å²) in [4.78, 5) is 0. The molecule has 1 unspecified atom stereocenters. The van der Waals surface area contributed by atoms with Crippen molar-refractivity contribution in [2.24, 2.45) is 5.92 Å². The molecule has 0 saturated carbocycles. The number of aryl methyl sites for hydroxylation is 1. The molecule has 1 aromatic carbocycles. The first-order valence-corrected chi connectivity index (χ1v) is 6.23. The lowest BCUT2D eigenvalue weighted by Crippen LogP contribution is -2.30. The number of piperidine rings is 1. The number of nitrogens with one attached hydrogen (secondary N) is 1. The molecular weight excluding hydrogens is 222 g/mol. The van der Waals surface area contributed by atoms with Crippen molar-refractivity contribution in [2.45, 2.75) is 26.2 Å². The van der Waals surface area contributed by atoms with Gasteiger partial charge in [0.05, 0.1) is 0 Å². The van der Waals surface area contributed by atoms with Crippen LogP contribution in [-0.2, 0) is 6.42 Å². The van der Waals surface area contributed by atoms with Crippen LogP contribution in [0.2, 0.25) is 5.02 Å². The maximum Gasteiger partial charge on any atom is 0.116 e. The fourth-order valence-corrected chi connectivity index (χ4v) is 2.57. The van der Waals surface area contributed by atoms with Crippen LogP contribution in [0.4, 0.5) is 0 Å². The molecule has 2 nitrogen and oxygen atoms in total. The zero-order valence-electron chi connectivity index (χ0n) is 9.59. The number of aromatic hydroxyl groups is 1. The summed E-state index contributed by atoms with van der Waals surface area (Å²) < 4.78 is 0. The van der Waals surface area contributed by atoms with Gasteiger partial charge in [0.25, 0.3) is 0 Å². The number of benzene rings is 1. The average molecular weight is 240 g/mol. The molecule has 88 valence electrons. The fourth-order valence-electron chi connectivity index (χ4n) is 2.38. The largest absolute Gasteiger partial charge is 0.508 e. The lowest BCUT2D eigenvalue weighted by molar-refractivity contribution is 0.375. The summed E-state index contributed by atoms with van der Waals surface area (Å²) in [5, 5.41) is 13.8. The lowest BCUT2D eigenvalue weighted by Gasteiger charge is -2.23. The number of phenolic OH excluding ortho intramolecular Hbond substituents is 1. The van der Waals surface area contributed by atoms with E-state index in [0.29, 0.717) is 11.7 Å². The number of hydrogen-bond donors (Lipinski definition) is 2. The summed E-state index contributed by atoms with van der Waals surface area (Å²) >= 11 is 6.25. The Morgan fingerprint density at radius 1 is 1.50 bits per heavy atom. The van der Waals surface area contributed by atoms with Gasteiger partial charge in [-0.25, -0.2) is 0 Å². The molecule has 0 aromatic heterocycles. The number of phenols is 1. The molecule has 1 saturated heterocycles. The van der Waals surface area contributed by atoms with E-state index in [1.807, 2.05) is 6.92 Å². The summed E-state index contributed by atoms with van der Waals surface area (Å²) in [5.41, 5.74) is 2.04. The Bertz CT molecular complexity index is 372. The highest BCUT2D eigenvalue weighted by atomic mass is 35.5. The third-order valence-corrected chi connectivity index (χ3v) is 3.76. The van der Waals surface area contributed by atoms with E-state index >= 15 is 0 Å². The van der Waals surface area contributed by atoms with Crippen LogP contribution in [0.5, 0.6) is 5.75 Å². The van der Waals surface area contributed by atoms with Crippen molar-refractivity contribution in [1.82, 2.24) is 5.32 Å². The summed E-state index contributed by atoms with van der Waals surface area (Å²) in [5.74, 6) is 0.966. The first-order chi connectivity index (χ1) is 7.66. The highest BCUT2D eigenvalue weighted by molar-refractivity contribution is 6.32. The van der Waals surface area contributed by atoms with Crippen molar-refractivity contribution in [3.8, 4) is 5.75 Å². The second-order valence-electron chi connectivity index (χ2n) is 4.65. The van der Waals surface area contributed by atoms with Gasteiger partial charge in [-0.05, 0) is 68.5 Å². The highest BCUT2D eigenvalue weighted by Gasteiger charge is 2.16. The van der Waals surface area contributed by atoms with Crippen molar-refractivity contribution in [1.29, 1.82) is 0 Å². The van der Waals surface area contributed by atoms with Crippen LogP contribution in [0.1, 0.15) is 24.0 Å². The van der Waals surface area contributed by atoms with Crippen LogP contribution in [0.25, 0.3) is 0 Å². The molecule has 3 heteroatoms. The van der Waals surface area contributed by atoms with E-state index in [-0.39, 0.29) is 0 Å². The second-order valence-corrected chi connectivity index (χ2v) is 5.03. The standard InChI is InChI=1S/C13H18ClNO/c1-9-5-12(16)7-11(13(9)14)6-10-3-2-4-15-8-10/h5,7,10,15-16H,2-4,6,8H2,1H3. The molecule has 0 bridgehead atoms. The van der Waals surface area contributed by atoms with Gasteiger partial charge in [0.1, 0.15) is 5.75 Å². The summed E-state index contributed by atoms with van der Waals surface area (Å²) in [6.07, 6.45) is 3.44. The predicted octanol–water partition coefficient (Wildman–Crippen LogP) is 2.90. The smallest absolute Gasteiger partial charge is 0.116 e. The van der Waals surface area contributed by atoms with Crippen LogP contribution in [-0.4, -0.2) is 18.2 Å². The average Bonchev–Trinajstić information content (AvgIpc) is 2.27. The summed E-state index contributed by atoms with van der Waals surface area (Å²) in [6, 6.07) is 3.51. The highest BCUT2D eigenvalue weighted by Crippen LogP contribution is 2.29. The molecule has 2 N–H and O–H groups in total. The Morgan fingerprint density at radius 3 is 3.00 bits per heavy atom. The van der Waals surface area contributed by atoms with Gasteiger partial charge in [-0.2, -0.15) is 0 Å². The quantitative estimate of drug-likeness (QED) is 0.832. The van der Waals surface area contributed by atoms with E-state index in [4.69, 9.17) is 11.6 Å². The Balaban J connectivity index is 2.13. The number of halogens is 1. The maximum atomic E-state index is 9.57. The van der Waals surface area contributed by atoms with Crippen LogP contribution >= 0.6 is 11.6 Å². The van der Waals surface area contributed by atoms with Crippen LogP contribution in [0, 0.1) is 12.8 Å². The molecule has 1 aliphatic rings. The molecule has 1 atom stereocenters. The Hall–Kier alpha value is -0.730. The predicted molar refractivity (Wildman–Crippen MR) is 67.2 cm³/mol. The Morgan fingerprint density at radius 2 is 2.31 bits per heavy atom. The van der Waals surface area contributed by atoms with Gasteiger partial charge < -0.3 is 10.4 Å². The van der Waals surface area contributed by atoms with Gasteiger partial charge in [-0.1, -0.05) is 11.6 Å². The minimum absolute atomic E-state index is 0.320. The monoisotopic (exact) mass is 239 g/mol. The fraction of sp³-hybridized carbons (Fsp3) is 0.538. The Labute approximate surface area is 102 Å². The molecule has 1 heterocycles. The van der Waals surface area contributed by atoms with Gasteiger partial charge in [0.2, 0.25) is 0 Å². The molecule has 0 amide bonds. The van der Waals surface area contributed by atoms with E-state index in [2.05, 4.69) is 5.32 Å².